The maximum absolute atomic E-state index is 13.0. The molecule has 1 aromatic heterocycles. The number of rotatable bonds is 4. The second-order valence-corrected chi connectivity index (χ2v) is 6.41. The van der Waals surface area contributed by atoms with Gasteiger partial charge in [0.1, 0.15) is 12.1 Å². The third-order valence-electron chi connectivity index (χ3n) is 4.47. The zero-order valence-corrected chi connectivity index (χ0v) is 15.3. The molecule has 0 saturated carbocycles. The summed E-state index contributed by atoms with van der Waals surface area (Å²) in [6.07, 6.45) is 1.59. The molecule has 136 valence electrons. The van der Waals surface area contributed by atoms with Gasteiger partial charge in [-0.2, -0.15) is 0 Å². The van der Waals surface area contributed by atoms with Gasteiger partial charge in [0.25, 0.3) is 5.91 Å². The van der Waals surface area contributed by atoms with Crippen molar-refractivity contribution in [1.82, 2.24) is 9.88 Å². The van der Waals surface area contributed by atoms with Crippen molar-refractivity contribution in [3.05, 3.63) is 53.7 Å². The van der Waals surface area contributed by atoms with Crippen LogP contribution in [0.5, 0.6) is 5.88 Å². The molecule has 1 fully saturated rings. The van der Waals surface area contributed by atoms with E-state index in [-0.39, 0.29) is 24.4 Å². The molecule has 0 bridgehead atoms. The zero-order chi connectivity index (χ0) is 18.7. The van der Waals surface area contributed by atoms with Crippen molar-refractivity contribution >= 4 is 17.5 Å². The van der Waals surface area contributed by atoms with Gasteiger partial charge in [-0.3, -0.25) is 9.59 Å². The highest BCUT2D eigenvalue weighted by molar-refractivity contribution is 6.02. The molecule has 1 atom stereocenters. The number of amides is 2. The second-order valence-electron chi connectivity index (χ2n) is 6.41. The van der Waals surface area contributed by atoms with Crippen LogP contribution in [0.15, 0.2) is 42.6 Å². The van der Waals surface area contributed by atoms with E-state index in [9.17, 15) is 9.59 Å². The Kier molecular flexibility index (Phi) is 5.21. The Morgan fingerprint density at radius 1 is 1.27 bits per heavy atom. The van der Waals surface area contributed by atoms with Crippen molar-refractivity contribution in [2.75, 3.05) is 24.6 Å². The van der Waals surface area contributed by atoms with E-state index in [0.717, 1.165) is 11.3 Å². The van der Waals surface area contributed by atoms with Crippen molar-refractivity contribution in [3.8, 4) is 5.88 Å². The molecule has 1 aliphatic heterocycles. The summed E-state index contributed by atoms with van der Waals surface area (Å²) in [5, 5.41) is 0. The summed E-state index contributed by atoms with van der Waals surface area (Å²) in [6.45, 7) is 6.71. The van der Waals surface area contributed by atoms with Crippen LogP contribution in [0.1, 0.15) is 29.8 Å². The highest BCUT2D eigenvalue weighted by Crippen LogP contribution is 2.24. The molecule has 1 unspecified atom stereocenters. The van der Waals surface area contributed by atoms with Crippen molar-refractivity contribution in [2.45, 2.75) is 26.8 Å². The molecule has 1 aliphatic rings. The van der Waals surface area contributed by atoms with Gasteiger partial charge in [0, 0.05) is 24.5 Å². The first kappa shape index (κ1) is 17.9. The van der Waals surface area contributed by atoms with Crippen molar-refractivity contribution in [3.63, 3.8) is 0 Å². The quantitative estimate of drug-likeness (QED) is 0.848. The standard InChI is InChI=1S/C20H23N3O3/c1-4-26-19-17(6-5-11-21-19)20(25)22-13-18(24)23(12-15(22)3)16-9-7-14(2)8-10-16/h5-11,15H,4,12-13H2,1-3H3. The summed E-state index contributed by atoms with van der Waals surface area (Å²) in [5.41, 5.74) is 2.39. The van der Waals surface area contributed by atoms with E-state index >= 15 is 0 Å². The molecule has 0 spiro atoms. The number of aryl methyl sites for hydroxylation is 1. The van der Waals surface area contributed by atoms with E-state index in [1.165, 1.54) is 0 Å². The summed E-state index contributed by atoms with van der Waals surface area (Å²) < 4.78 is 5.46. The van der Waals surface area contributed by atoms with Gasteiger partial charge in [0.15, 0.2) is 0 Å². The number of ether oxygens (including phenoxy) is 1. The number of pyridine rings is 1. The fourth-order valence-electron chi connectivity index (χ4n) is 3.06. The first-order valence-corrected chi connectivity index (χ1v) is 8.77. The Morgan fingerprint density at radius 2 is 2.00 bits per heavy atom. The average Bonchev–Trinajstić information content (AvgIpc) is 2.64. The first-order valence-electron chi connectivity index (χ1n) is 8.77. The molecule has 26 heavy (non-hydrogen) atoms. The fourth-order valence-corrected chi connectivity index (χ4v) is 3.06. The summed E-state index contributed by atoms with van der Waals surface area (Å²) in [4.78, 5) is 33.1. The number of carbonyl (C=O) groups excluding carboxylic acids is 2. The minimum atomic E-state index is -0.231. The van der Waals surface area contributed by atoms with E-state index in [0.29, 0.717) is 24.6 Å². The van der Waals surface area contributed by atoms with Crippen LogP contribution in [0, 0.1) is 6.92 Å². The largest absolute Gasteiger partial charge is 0.477 e. The lowest BCUT2D eigenvalue weighted by molar-refractivity contribution is -0.121. The third kappa shape index (κ3) is 3.54. The molecular weight excluding hydrogens is 330 g/mol. The average molecular weight is 353 g/mol. The van der Waals surface area contributed by atoms with E-state index in [2.05, 4.69) is 4.98 Å². The monoisotopic (exact) mass is 353 g/mol. The molecule has 1 saturated heterocycles. The fraction of sp³-hybridized carbons (Fsp3) is 0.350. The van der Waals surface area contributed by atoms with Gasteiger partial charge >= 0.3 is 0 Å². The number of carbonyl (C=O) groups is 2. The normalized spacial score (nSPS) is 17.3. The highest BCUT2D eigenvalue weighted by atomic mass is 16.5. The number of anilines is 1. The number of hydrogen-bond donors (Lipinski definition) is 0. The lowest BCUT2D eigenvalue weighted by Crippen LogP contribution is -2.57. The number of hydrogen-bond acceptors (Lipinski definition) is 4. The van der Waals surface area contributed by atoms with Crippen LogP contribution in [-0.2, 0) is 4.79 Å². The van der Waals surface area contributed by atoms with Gasteiger partial charge in [-0.15, -0.1) is 0 Å². The molecule has 2 aromatic rings. The van der Waals surface area contributed by atoms with Crippen LogP contribution < -0.4 is 9.64 Å². The molecule has 6 nitrogen and oxygen atoms in total. The van der Waals surface area contributed by atoms with Gasteiger partial charge < -0.3 is 14.5 Å². The van der Waals surface area contributed by atoms with Crippen LogP contribution in [0.4, 0.5) is 5.69 Å². The Balaban J connectivity index is 1.80. The predicted octanol–water partition coefficient (Wildman–Crippen LogP) is 2.67. The predicted molar refractivity (Wildman–Crippen MR) is 99.4 cm³/mol. The topological polar surface area (TPSA) is 62.7 Å². The summed E-state index contributed by atoms with van der Waals surface area (Å²) in [7, 11) is 0. The van der Waals surface area contributed by atoms with Crippen LogP contribution in [0.3, 0.4) is 0 Å². The van der Waals surface area contributed by atoms with Gasteiger partial charge in [-0.05, 0) is 45.0 Å². The molecule has 0 aliphatic carbocycles. The van der Waals surface area contributed by atoms with Crippen molar-refractivity contribution in [1.29, 1.82) is 0 Å². The summed E-state index contributed by atoms with van der Waals surface area (Å²) >= 11 is 0. The Bertz CT molecular complexity index is 804. The molecule has 2 amide bonds. The first-order chi connectivity index (χ1) is 12.5. The summed E-state index contributed by atoms with van der Waals surface area (Å²) in [6, 6.07) is 11.1. The van der Waals surface area contributed by atoms with Gasteiger partial charge in [0.05, 0.1) is 6.61 Å². The summed E-state index contributed by atoms with van der Waals surface area (Å²) in [5.74, 6) is -0.0197. The maximum atomic E-state index is 13.0. The van der Waals surface area contributed by atoms with Crippen LogP contribution in [-0.4, -0.2) is 47.4 Å². The molecule has 2 heterocycles. The molecule has 3 rings (SSSR count). The molecule has 0 radical (unpaired) electrons. The van der Waals surface area contributed by atoms with Gasteiger partial charge in [0.2, 0.25) is 11.8 Å². The van der Waals surface area contributed by atoms with E-state index in [4.69, 9.17) is 4.74 Å². The van der Waals surface area contributed by atoms with E-state index in [1.54, 1.807) is 28.1 Å². The van der Waals surface area contributed by atoms with Gasteiger partial charge in [-0.25, -0.2) is 4.98 Å². The molecular formula is C20H23N3O3. The lowest BCUT2D eigenvalue weighted by atomic mass is 10.1. The van der Waals surface area contributed by atoms with Crippen LogP contribution >= 0.6 is 0 Å². The van der Waals surface area contributed by atoms with Gasteiger partial charge in [-0.1, -0.05) is 17.7 Å². The smallest absolute Gasteiger partial charge is 0.260 e. The molecule has 1 aromatic carbocycles. The van der Waals surface area contributed by atoms with Crippen molar-refractivity contribution < 1.29 is 14.3 Å². The minimum absolute atomic E-state index is 0.0360. The molecule has 0 N–H and O–H groups in total. The maximum Gasteiger partial charge on any atom is 0.260 e. The number of nitrogens with zero attached hydrogens (tertiary/aromatic N) is 3. The SMILES string of the molecule is CCOc1ncccc1C(=O)N1CC(=O)N(c2ccc(C)cc2)CC1C. The van der Waals surface area contributed by atoms with Crippen LogP contribution in [0.2, 0.25) is 0 Å². The number of aromatic nitrogens is 1. The lowest BCUT2D eigenvalue weighted by Gasteiger charge is -2.39. The molecule has 6 heteroatoms. The van der Waals surface area contributed by atoms with Crippen LogP contribution in [0.25, 0.3) is 0 Å². The Morgan fingerprint density at radius 3 is 2.69 bits per heavy atom. The Labute approximate surface area is 153 Å². The zero-order valence-electron chi connectivity index (χ0n) is 15.3. The second kappa shape index (κ2) is 7.56. The van der Waals surface area contributed by atoms with Crippen molar-refractivity contribution in [2.24, 2.45) is 0 Å². The highest BCUT2D eigenvalue weighted by Gasteiger charge is 2.34. The van der Waals surface area contributed by atoms with E-state index < -0.39 is 0 Å². The minimum Gasteiger partial charge on any atom is -0.477 e. The van der Waals surface area contributed by atoms with E-state index in [1.807, 2.05) is 45.0 Å². The Hall–Kier alpha value is -2.89. The number of benzene rings is 1. The third-order valence-corrected chi connectivity index (χ3v) is 4.47. The number of piperazine rings is 1.